The molecule has 0 saturated carbocycles. The van der Waals surface area contributed by atoms with Crippen molar-refractivity contribution in [1.82, 2.24) is 15.2 Å². The van der Waals surface area contributed by atoms with Gasteiger partial charge in [-0.3, -0.25) is 0 Å². The second-order valence-electron chi connectivity index (χ2n) is 6.99. The number of aromatic nitrogens is 1. The van der Waals surface area contributed by atoms with Crippen LogP contribution in [0.2, 0.25) is 0 Å². The van der Waals surface area contributed by atoms with Crippen LogP contribution in [0.1, 0.15) is 38.1 Å². The van der Waals surface area contributed by atoms with E-state index in [1.807, 2.05) is 23.1 Å². The average Bonchev–Trinajstić information content (AvgIpc) is 3.12. The smallest absolute Gasteiger partial charge is 0.317 e. The molecule has 1 N–H and O–H groups in total. The van der Waals surface area contributed by atoms with Crippen molar-refractivity contribution in [2.45, 2.75) is 38.5 Å². The van der Waals surface area contributed by atoms with Gasteiger partial charge in [0.25, 0.3) is 0 Å². The van der Waals surface area contributed by atoms with E-state index in [0.29, 0.717) is 6.54 Å². The molecule has 0 unspecified atom stereocenters. The zero-order valence-corrected chi connectivity index (χ0v) is 15.2. The molecule has 24 heavy (non-hydrogen) atoms. The Balaban J connectivity index is 1.63. The molecule has 2 heterocycles. The maximum atomic E-state index is 12.3. The highest BCUT2D eigenvalue weighted by Crippen LogP contribution is 2.30. The van der Waals surface area contributed by atoms with Crippen LogP contribution in [0.5, 0.6) is 0 Å². The summed E-state index contributed by atoms with van der Waals surface area (Å²) >= 11 is 1.66. The minimum absolute atomic E-state index is 0.0580. The Morgan fingerprint density at radius 3 is 2.62 bits per heavy atom. The van der Waals surface area contributed by atoms with Crippen molar-refractivity contribution in [2.75, 3.05) is 19.6 Å². The summed E-state index contributed by atoms with van der Waals surface area (Å²) in [6.07, 6.45) is 3.46. The first kappa shape index (κ1) is 17.0. The number of thiazole rings is 1. The summed E-state index contributed by atoms with van der Waals surface area (Å²) in [5.41, 5.74) is 1.96. The van der Waals surface area contributed by atoms with Crippen molar-refractivity contribution in [3.8, 4) is 11.3 Å². The molecule has 5 heteroatoms. The highest BCUT2D eigenvalue weighted by Gasteiger charge is 2.26. The lowest BCUT2D eigenvalue weighted by Gasteiger charge is -2.29. The van der Waals surface area contributed by atoms with Gasteiger partial charge in [0.2, 0.25) is 0 Å². The molecule has 1 saturated heterocycles. The summed E-state index contributed by atoms with van der Waals surface area (Å²) in [6, 6.07) is 10.3. The standard InChI is InChI=1S/C19H25N3OS/c1-19(2,14-20-18(23)22-11-7-4-8-12-22)17-21-16(13-24-17)15-9-5-3-6-10-15/h3,5-6,9-10,13H,4,7-8,11-12,14H2,1-2H3,(H,20,23). The highest BCUT2D eigenvalue weighted by molar-refractivity contribution is 7.10. The molecule has 1 aromatic heterocycles. The van der Waals surface area contributed by atoms with E-state index in [-0.39, 0.29) is 11.4 Å². The van der Waals surface area contributed by atoms with Gasteiger partial charge < -0.3 is 10.2 Å². The summed E-state index contributed by atoms with van der Waals surface area (Å²) in [4.78, 5) is 19.0. The predicted octanol–water partition coefficient (Wildman–Crippen LogP) is 4.28. The first-order valence-corrected chi connectivity index (χ1v) is 9.48. The molecule has 4 nitrogen and oxygen atoms in total. The van der Waals surface area contributed by atoms with Gasteiger partial charge in [0.15, 0.2) is 0 Å². The van der Waals surface area contributed by atoms with Gasteiger partial charge in [0.05, 0.1) is 5.69 Å². The third kappa shape index (κ3) is 3.96. The first-order valence-electron chi connectivity index (χ1n) is 8.60. The zero-order chi connectivity index (χ0) is 17.0. The lowest BCUT2D eigenvalue weighted by Crippen LogP contribution is -2.46. The molecule has 0 spiro atoms. The Morgan fingerprint density at radius 1 is 1.21 bits per heavy atom. The van der Waals surface area contributed by atoms with Crippen molar-refractivity contribution >= 4 is 17.4 Å². The van der Waals surface area contributed by atoms with Crippen LogP contribution in [-0.4, -0.2) is 35.5 Å². The maximum absolute atomic E-state index is 12.3. The number of carbonyl (C=O) groups is 1. The molecule has 1 aromatic carbocycles. The zero-order valence-electron chi connectivity index (χ0n) is 14.4. The number of likely N-dealkylation sites (tertiary alicyclic amines) is 1. The summed E-state index contributed by atoms with van der Waals surface area (Å²) in [5.74, 6) is 0. The van der Waals surface area contributed by atoms with E-state index in [2.05, 4.69) is 36.7 Å². The van der Waals surface area contributed by atoms with Crippen molar-refractivity contribution < 1.29 is 4.79 Å². The molecule has 3 rings (SSSR count). The Bertz CT molecular complexity index is 675. The Kier molecular flexibility index (Phi) is 5.19. The van der Waals surface area contributed by atoms with Gasteiger partial charge in [-0.2, -0.15) is 0 Å². The Morgan fingerprint density at radius 2 is 1.92 bits per heavy atom. The summed E-state index contributed by atoms with van der Waals surface area (Å²) in [5, 5.41) is 6.25. The molecule has 0 radical (unpaired) electrons. The molecular weight excluding hydrogens is 318 g/mol. The molecular formula is C19H25N3OS. The van der Waals surface area contributed by atoms with Crippen LogP contribution in [0.15, 0.2) is 35.7 Å². The van der Waals surface area contributed by atoms with Gasteiger partial charge in [-0.25, -0.2) is 9.78 Å². The van der Waals surface area contributed by atoms with Crippen LogP contribution in [0.3, 0.4) is 0 Å². The summed E-state index contributed by atoms with van der Waals surface area (Å²) < 4.78 is 0. The van der Waals surface area contributed by atoms with Gasteiger partial charge in [-0.1, -0.05) is 44.2 Å². The number of benzene rings is 1. The normalized spacial score (nSPS) is 15.3. The molecule has 1 fully saturated rings. The SMILES string of the molecule is CC(C)(CNC(=O)N1CCCCC1)c1nc(-c2ccccc2)cs1. The molecule has 0 aliphatic carbocycles. The van der Waals surface area contributed by atoms with Crippen LogP contribution < -0.4 is 5.32 Å². The van der Waals surface area contributed by atoms with Gasteiger partial charge in [0, 0.05) is 36.0 Å². The molecule has 2 amide bonds. The second-order valence-corrected chi connectivity index (χ2v) is 7.85. The van der Waals surface area contributed by atoms with Crippen molar-refractivity contribution in [3.63, 3.8) is 0 Å². The molecule has 128 valence electrons. The van der Waals surface area contributed by atoms with Gasteiger partial charge in [0.1, 0.15) is 5.01 Å². The van der Waals surface area contributed by atoms with E-state index < -0.39 is 0 Å². The molecule has 1 aliphatic rings. The molecule has 1 aliphatic heterocycles. The van der Waals surface area contributed by atoms with Gasteiger partial charge in [-0.15, -0.1) is 11.3 Å². The van der Waals surface area contributed by atoms with Crippen LogP contribution in [-0.2, 0) is 5.41 Å². The monoisotopic (exact) mass is 343 g/mol. The van der Waals surface area contributed by atoms with E-state index in [9.17, 15) is 4.79 Å². The van der Waals surface area contributed by atoms with Crippen LogP contribution >= 0.6 is 11.3 Å². The van der Waals surface area contributed by atoms with E-state index in [1.165, 1.54) is 6.42 Å². The lowest BCUT2D eigenvalue weighted by atomic mass is 9.94. The Hall–Kier alpha value is -1.88. The van der Waals surface area contributed by atoms with E-state index in [1.54, 1.807) is 11.3 Å². The molecule has 2 aromatic rings. The summed E-state index contributed by atoms with van der Waals surface area (Å²) in [6.45, 7) is 6.63. The third-order valence-electron chi connectivity index (χ3n) is 4.48. The fourth-order valence-corrected chi connectivity index (χ4v) is 3.86. The van der Waals surface area contributed by atoms with Crippen molar-refractivity contribution in [1.29, 1.82) is 0 Å². The summed E-state index contributed by atoms with van der Waals surface area (Å²) in [7, 11) is 0. The number of nitrogens with one attached hydrogen (secondary N) is 1. The van der Waals surface area contributed by atoms with Crippen LogP contribution in [0.4, 0.5) is 4.79 Å². The number of carbonyl (C=O) groups excluding carboxylic acids is 1. The number of hydrogen-bond donors (Lipinski definition) is 1. The minimum Gasteiger partial charge on any atom is -0.337 e. The van der Waals surface area contributed by atoms with Gasteiger partial charge in [-0.05, 0) is 19.3 Å². The lowest BCUT2D eigenvalue weighted by molar-refractivity contribution is 0.184. The number of rotatable bonds is 4. The topological polar surface area (TPSA) is 45.2 Å². The molecule has 0 atom stereocenters. The van der Waals surface area contributed by atoms with Gasteiger partial charge >= 0.3 is 6.03 Å². The van der Waals surface area contributed by atoms with Crippen molar-refractivity contribution in [2.24, 2.45) is 0 Å². The number of hydrogen-bond acceptors (Lipinski definition) is 3. The van der Waals surface area contributed by atoms with Crippen LogP contribution in [0, 0.1) is 0 Å². The van der Waals surface area contributed by atoms with E-state index >= 15 is 0 Å². The largest absolute Gasteiger partial charge is 0.337 e. The van der Waals surface area contributed by atoms with Crippen LogP contribution in [0.25, 0.3) is 11.3 Å². The first-order chi connectivity index (χ1) is 11.6. The minimum atomic E-state index is -0.177. The quantitative estimate of drug-likeness (QED) is 0.900. The van der Waals surface area contributed by atoms with Crippen molar-refractivity contribution in [3.05, 3.63) is 40.7 Å². The van der Waals surface area contributed by atoms with E-state index in [4.69, 9.17) is 4.98 Å². The van der Waals surface area contributed by atoms with E-state index in [0.717, 1.165) is 42.2 Å². The fraction of sp³-hybridized carbons (Fsp3) is 0.474. The highest BCUT2D eigenvalue weighted by atomic mass is 32.1. The number of amides is 2. The predicted molar refractivity (Wildman–Crippen MR) is 99.4 cm³/mol. The average molecular weight is 343 g/mol. The number of nitrogens with zero attached hydrogens (tertiary/aromatic N) is 2. The third-order valence-corrected chi connectivity index (χ3v) is 5.69. The Labute approximate surface area is 147 Å². The number of urea groups is 1. The molecule has 0 bridgehead atoms. The maximum Gasteiger partial charge on any atom is 0.317 e. The second kappa shape index (κ2) is 7.34. The number of piperidine rings is 1. The fourth-order valence-electron chi connectivity index (χ4n) is 2.91.